The largest absolute Gasteiger partial charge is 0.507 e. The van der Waals surface area contributed by atoms with E-state index in [9.17, 15) is 9.50 Å². The Bertz CT molecular complexity index is 525. The smallest absolute Gasteiger partial charge is 0.240 e. The van der Waals surface area contributed by atoms with Gasteiger partial charge in [0, 0.05) is 0 Å². The lowest BCUT2D eigenvalue weighted by molar-refractivity contribution is 0.373. The van der Waals surface area contributed by atoms with Crippen LogP contribution in [0.5, 0.6) is 5.75 Å². The van der Waals surface area contributed by atoms with Crippen LogP contribution in [-0.2, 0) is 6.54 Å². The van der Waals surface area contributed by atoms with Gasteiger partial charge in [-0.25, -0.2) is 4.39 Å². The quantitative estimate of drug-likeness (QED) is 0.851. The molecule has 5 nitrogen and oxygen atoms in total. The lowest BCUT2D eigenvalue weighted by Crippen LogP contribution is -1.95. The second kappa shape index (κ2) is 4.50. The van der Waals surface area contributed by atoms with Gasteiger partial charge in [-0.05, 0) is 24.6 Å². The van der Waals surface area contributed by atoms with E-state index in [4.69, 9.17) is 10.3 Å². The number of nitrogens with zero attached hydrogens (tertiary/aromatic N) is 2. The standard InChI is InChI=1S/C11H12FN3O2/c1-6(12)7-2-3-9(16)8(4-7)11-14-10(5-13)17-15-11/h2-4,6,16H,5,13H2,1H3. The molecule has 6 heteroatoms. The van der Waals surface area contributed by atoms with Crippen LogP contribution in [0.2, 0.25) is 0 Å². The van der Waals surface area contributed by atoms with Crippen molar-refractivity contribution < 1.29 is 14.0 Å². The number of phenolic OH excluding ortho intramolecular Hbond substituents is 1. The molecule has 0 amide bonds. The van der Waals surface area contributed by atoms with Crippen molar-refractivity contribution in [2.75, 3.05) is 0 Å². The van der Waals surface area contributed by atoms with E-state index in [2.05, 4.69) is 10.1 Å². The zero-order valence-corrected chi connectivity index (χ0v) is 9.22. The monoisotopic (exact) mass is 237 g/mol. The zero-order chi connectivity index (χ0) is 12.4. The Hall–Kier alpha value is -1.95. The highest BCUT2D eigenvalue weighted by Gasteiger charge is 2.14. The van der Waals surface area contributed by atoms with Gasteiger partial charge in [-0.15, -0.1) is 0 Å². The van der Waals surface area contributed by atoms with E-state index in [1.807, 2.05) is 0 Å². The van der Waals surface area contributed by atoms with E-state index in [0.29, 0.717) is 11.1 Å². The summed E-state index contributed by atoms with van der Waals surface area (Å²) >= 11 is 0. The average Bonchev–Trinajstić information content (AvgIpc) is 2.77. The minimum absolute atomic E-state index is 0.0289. The predicted molar refractivity (Wildman–Crippen MR) is 58.8 cm³/mol. The van der Waals surface area contributed by atoms with Gasteiger partial charge in [0.05, 0.1) is 12.1 Å². The van der Waals surface area contributed by atoms with Gasteiger partial charge in [-0.1, -0.05) is 11.2 Å². The Morgan fingerprint density at radius 1 is 1.53 bits per heavy atom. The number of halogens is 1. The van der Waals surface area contributed by atoms with Crippen LogP contribution in [0.4, 0.5) is 4.39 Å². The van der Waals surface area contributed by atoms with Gasteiger partial charge < -0.3 is 15.4 Å². The molecule has 90 valence electrons. The van der Waals surface area contributed by atoms with Gasteiger partial charge in [-0.3, -0.25) is 0 Å². The molecule has 1 heterocycles. The molecule has 1 aromatic carbocycles. The Balaban J connectivity index is 2.46. The maximum absolute atomic E-state index is 13.2. The number of hydrogen-bond acceptors (Lipinski definition) is 5. The van der Waals surface area contributed by atoms with Crippen molar-refractivity contribution in [3.63, 3.8) is 0 Å². The average molecular weight is 237 g/mol. The summed E-state index contributed by atoms with van der Waals surface area (Å²) in [5.74, 6) is 0.433. The Morgan fingerprint density at radius 3 is 2.88 bits per heavy atom. The van der Waals surface area contributed by atoms with Crippen LogP contribution < -0.4 is 5.73 Å². The van der Waals surface area contributed by atoms with E-state index in [-0.39, 0.29) is 24.0 Å². The van der Waals surface area contributed by atoms with Gasteiger partial charge in [0.25, 0.3) is 0 Å². The number of nitrogens with two attached hydrogens (primary N) is 1. The number of alkyl halides is 1. The van der Waals surface area contributed by atoms with Crippen molar-refractivity contribution >= 4 is 0 Å². The van der Waals surface area contributed by atoms with Crippen molar-refractivity contribution in [1.82, 2.24) is 10.1 Å². The summed E-state index contributed by atoms with van der Waals surface area (Å²) < 4.78 is 18.0. The fourth-order valence-corrected chi connectivity index (χ4v) is 1.43. The van der Waals surface area contributed by atoms with Crippen molar-refractivity contribution in [1.29, 1.82) is 0 Å². The molecule has 1 unspecified atom stereocenters. The molecule has 2 rings (SSSR count). The van der Waals surface area contributed by atoms with Crippen LogP contribution in [0.25, 0.3) is 11.4 Å². The Labute approximate surface area is 97.1 Å². The van der Waals surface area contributed by atoms with Gasteiger partial charge in [0.2, 0.25) is 11.7 Å². The molecule has 0 saturated heterocycles. The van der Waals surface area contributed by atoms with Crippen LogP contribution in [-0.4, -0.2) is 15.2 Å². The van der Waals surface area contributed by atoms with Crippen molar-refractivity contribution in [3.8, 4) is 17.1 Å². The molecule has 0 saturated carbocycles. The highest BCUT2D eigenvalue weighted by atomic mass is 19.1. The van der Waals surface area contributed by atoms with Gasteiger partial charge in [0.15, 0.2) is 0 Å². The molecule has 0 aliphatic carbocycles. The number of aromatic nitrogens is 2. The van der Waals surface area contributed by atoms with Crippen LogP contribution in [0.3, 0.4) is 0 Å². The van der Waals surface area contributed by atoms with E-state index in [0.717, 1.165) is 0 Å². The molecule has 2 aromatic rings. The fourth-order valence-electron chi connectivity index (χ4n) is 1.43. The van der Waals surface area contributed by atoms with Crippen LogP contribution >= 0.6 is 0 Å². The first-order valence-electron chi connectivity index (χ1n) is 5.12. The number of rotatable bonds is 3. The molecule has 0 aliphatic heterocycles. The summed E-state index contributed by atoms with van der Waals surface area (Å²) in [7, 11) is 0. The lowest BCUT2D eigenvalue weighted by atomic mass is 10.1. The summed E-state index contributed by atoms with van der Waals surface area (Å²) in [6.45, 7) is 1.53. The number of aromatic hydroxyl groups is 1. The lowest BCUT2D eigenvalue weighted by Gasteiger charge is -2.05. The van der Waals surface area contributed by atoms with Gasteiger partial charge >= 0.3 is 0 Å². The molecule has 0 radical (unpaired) electrons. The van der Waals surface area contributed by atoms with Crippen LogP contribution in [0.15, 0.2) is 22.7 Å². The Kier molecular flexibility index (Phi) is 3.06. The highest BCUT2D eigenvalue weighted by molar-refractivity contribution is 5.64. The Morgan fingerprint density at radius 2 is 2.29 bits per heavy atom. The summed E-state index contributed by atoms with van der Waals surface area (Å²) in [5.41, 5.74) is 6.11. The highest BCUT2D eigenvalue weighted by Crippen LogP contribution is 2.30. The first-order chi connectivity index (χ1) is 8.11. The molecular weight excluding hydrogens is 225 g/mol. The van der Waals surface area contributed by atoms with E-state index >= 15 is 0 Å². The molecule has 1 atom stereocenters. The normalized spacial score (nSPS) is 12.6. The summed E-state index contributed by atoms with van der Waals surface area (Å²) in [6, 6.07) is 4.40. The third-order valence-electron chi connectivity index (χ3n) is 2.36. The SMILES string of the molecule is CC(F)c1ccc(O)c(-c2noc(CN)n2)c1. The molecule has 0 bridgehead atoms. The summed E-state index contributed by atoms with van der Waals surface area (Å²) in [4.78, 5) is 3.98. The molecule has 1 aromatic heterocycles. The number of hydrogen-bond donors (Lipinski definition) is 2. The molecule has 17 heavy (non-hydrogen) atoms. The topological polar surface area (TPSA) is 85.2 Å². The minimum Gasteiger partial charge on any atom is -0.507 e. The second-order valence-electron chi connectivity index (χ2n) is 3.61. The third kappa shape index (κ3) is 2.26. The van der Waals surface area contributed by atoms with Crippen molar-refractivity contribution in [2.45, 2.75) is 19.6 Å². The maximum atomic E-state index is 13.2. The molecule has 0 fully saturated rings. The van der Waals surface area contributed by atoms with Crippen molar-refractivity contribution in [2.24, 2.45) is 5.73 Å². The third-order valence-corrected chi connectivity index (χ3v) is 2.36. The minimum atomic E-state index is -1.13. The molecule has 3 N–H and O–H groups in total. The van der Waals surface area contributed by atoms with E-state index in [1.54, 1.807) is 0 Å². The van der Waals surface area contributed by atoms with Gasteiger partial charge in [-0.2, -0.15) is 4.98 Å². The molecular formula is C11H12FN3O2. The predicted octanol–water partition coefficient (Wildman–Crippen LogP) is 1.93. The van der Waals surface area contributed by atoms with Crippen molar-refractivity contribution in [3.05, 3.63) is 29.7 Å². The zero-order valence-electron chi connectivity index (χ0n) is 9.22. The summed E-state index contributed by atoms with van der Waals surface area (Å²) in [6.07, 6.45) is -1.13. The van der Waals surface area contributed by atoms with E-state index in [1.165, 1.54) is 25.1 Å². The van der Waals surface area contributed by atoms with E-state index < -0.39 is 6.17 Å². The first-order valence-corrected chi connectivity index (χ1v) is 5.12. The molecule has 0 spiro atoms. The summed E-state index contributed by atoms with van der Waals surface area (Å²) in [5, 5.41) is 13.3. The maximum Gasteiger partial charge on any atom is 0.240 e. The second-order valence-corrected chi connectivity index (χ2v) is 3.61. The van der Waals surface area contributed by atoms with Crippen LogP contribution in [0.1, 0.15) is 24.5 Å². The number of benzene rings is 1. The fraction of sp³-hybridized carbons (Fsp3) is 0.273. The number of phenols is 1. The van der Waals surface area contributed by atoms with Gasteiger partial charge in [0.1, 0.15) is 11.9 Å². The van der Waals surface area contributed by atoms with Crippen LogP contribution in [0, 0.1) is 0 Å². The first kappa shape index (κ1) is 11.5. The molecule has 0 aliphatic rings.